The monoisotopic (exact) mass is 1210 g/mol. The van der Waals surface area contributed by atoms with E-state index in [9.17, 15) is 63.8 Å². The van der Waals surface area contributed by atoms with E-state index >= 15 is 0 Å². The van der Waals surface area contributed by atoms with Crippen LogP contribution < -0.4 is 45.0 Å². The summed E-state index contributed by atoms with van der Waals surface area (Å²) in [4.78, 5) is 134. The Balaban J connectivity index is 0.980. The fourth-order valence-electron chi connectivity index (χ4n) is 9.51. The highest BCUT2D eigenvalue weighted by Crippen LogP contribution is 2.38. The van der Waals surface area contributed by atoms with Crippen molar-refractivity contribution in [1.82, 2.24) is 19.9 Å². The highest BCUT2D eigenvalue weighted by Gasteiger charge is 2.26. The molecule has 0 unspecified atom stereocenters. The highest BCUT2D eigenvalue weighted by atomic mass is 16.6. The van der Waals surface area contributed by atoms with Crippen LogP contribution in [0.4, 0.5) is 28.4 Å². The Morgan fingerprint density at radius 1 is 0.416 bits per heavy atom. The smallest absolute Gasteiger partial charge is 0.341 e. The molecule has 0 aliphatic heterocycles. The van der Waals surface area contributed by atoms with Crippen LogP contribution in [0.25, 0.3) is 54.4 Å². The highest BCUT2D eigenvalue weighted by molar-refractivity contribution is 6.16. The maximum Gasteiger partial charge on any atom is 0.341 e. The second-order valence-corrected chi connectivity index (χ2v) is 19.2. The van der Waals surface area contributed by atoms with Crippen LogP contribution in [-0.2, 0) is 14.4 Å². The van der Waals surface area contributed by atoms with Crippen LogP contribution in [0.5, 0.6) is 28.7 Å². The molecular weight excluding hydrogens is 1160 g/mol. The van der Waals surface area contributed by atoms with E-state index < -0.39 is 77.7 Å². The molecule has 7 N–H and O–H groups in total. The number of ketones is 1. The lowest BCUT2D eigenvalue weighted by Crippen LogP contribution is -2.18. The number of hydrogen-bond donors (Lipinski definition) is 7. The number of nitrogens with one attached hydrogen (secondary N) is 4. The zero-order chi connectivity index (χ0) is 63.2. The number of benzene rings is 6. The Labute approximate surface area is 500 Å². The number of fused-ring (bicyclic) bond motifs is 5. The molecule has 6 aromatic carbocycles. The van der Waals surface area contributed by atoms with Gasteiger partial charge in [-0.2, -0.15) is 0 Å². The van der Waals surface area contributed by atoms with Crippen molar-refractivity contribution in [3.05, 3.63) is 166 Å². The largest absolute Gasteiger partial charge is 0.493 e. The number of carbonyl (C=O) groups is 8. The second-order valence-electron chi connectivity index (χ2n) is 19.2. The van der Waals surface area contributed by atoms with Gasteiger partial charge in [0.1, 0.15) is 51.5 Å². The molecule has 0 atom stereocenters. The SMILES string of the molecule is CCOc1cc(C(=O)Nc2cccc3c(OCC(=O)O)cc(C(C)=O)cc23)nc2c(NC(=O)c3cc(OCC(=O)O)c4cccc(NC(=O)c5cc(OCC)c6cccc(NC(=O)c7cc(OCC(=O)O)c8cccc([N+](=O)[O-])c8n7)c6n5)c4n3)cccc12. The van der Waals surface area contributed by atoms with E-state index in [0.717, 1.165) is 12.1 Å². The maximum absolute atomic E-state index is 14.6. The van der Waals surface area contributed by atoms with Gasteiger partial charge >= 0.3 is 17.9 Å². The molecule has 4 aromatic heterocycles. The number of carboxylic acid groups (broad SMARTS) is 3. The number of nitro groups is 1. The van der Waals surface area contributed by atoms with Crippen molar-refractivity contribution < 1.29 is 82.3 Å². The molecule has 0 spiro atoms. The van der Waals surface area contributed by atoms with Crippen LogP contribution in [-0.4, -0.2) is 121 Å². The molecule has 0 bridgehead atoms. The van der Waals surface area contributed by atoms with Gasteiger partial charge in [0.05, 0.1) is 51.7 Å². The molecule has 0 aliphatic rings. The molecule has 0 radical (unpaired) electrons. The predicted molar refractivity (Wildman–Crippen MR) is 321 cm³/mol. The number of aromatic nitrogens is 4. The summed E-state index contributed by atoms with van der Waals surface area (Å²) >= 11 is 0. The molecule has 10 aromatic rings. The van der Waals surface area contributed by atoms with E-state index in [1.165, 1.54) is 79.7 Å². The van der Waals surface area contributed by atoms with Crippen LogP contribution in [0.15, 0.2) is 127 Å². The van der Waals surface area contributed by atoms with Crippen molar-refractivity contribution in [2.45, 2.75) is 20.8 Å². The topological polar surface area (TPSA) is 386 Å². The van der Waals surface area contributed by atoms with Gasteiger partial charge in [0.15, 0.2) is 31.1 Å². The standard InChI is InChI=1S/C62H47N9O18/c1-4-85-48-23-42(59(79)67-38-16-6-11-32-37(38)21-31(30(3)72)22-47(32)87-27-52(73)74)63-55-33(48)12-7-17-39(55)68-61(81)44-25-50(88-28-53(75)76)35-14-9-19-41(57(35)65-44)69-60(80)43-24-49(86-5-2)34-13-8-18-40(56(34)64-43)70-62(82)45-26-51(89-29-54(77)78)36-15-10-20-46(71(83)84)58(36)66-45/h6-26H,4-5,27-29H2,1-3H3,(H,67,79)(H,68,81)(H,69,80)(H,70,82)(H,73,74)(H,75,76)(H,77,78). The third-order valence-electron chi connectivity index (χ3n) is 13.3. The summed E-state index contributed by atoms with van der Waals surface area (Å²) < 4.78 is 28.6. The number of nitrogens with zero attached hydrogens (tertiary/aromatic N) is 5. The summed E-state index contributed by atoms with van der Waals surface area (Å²) in [7, 11) is 0. The van der Waals surface area contributed by atoms with E-state index in [1.54, 1.807) is 56.3 Å². The van der Waals surface area contributed by atoms with Gasteiger partial charge < -0.3 is 60.3 Å². The van der Waals surface area contributed by atoms with Gasteiger partial charge in [-0.1, -0.05) is 36.4 Å². The molecule has 27 heteroatoms. The van der Waals surface area contributed by atoms with Gasteiger partial charge in [-0.3, -0.25) is 34.1 Å². The first-order valence-corrected chi connectivity index (χ1v) is 26.8. The van der Waals surface area contributed by atoms with Crippen LogP contribution in [0.2, 0.25) is 0 Å². The number of Topliss-reactive ketones (excluding diaryl/α,β-unsaturated/α-hetero) is 1. The van der Waals surface area contributed by atoms with Gasteiger partial charge in [0, 0.05) is 73.9 Å². The first kappa shape index (κ1) is 59.7. The summed E-state index contributed by atoms with van der Waals surface area (Å²) in [6.07, 6.45) is 0. The number of rotatable bonds is 23. The van der Waals surface area contributed by atoms with Crippen molar-refractivity contribution >= 4 is 130 Å². The van der Waals surface area contributed by atoms with Crippen molar-refractivity contribution in [2.75, 3.05) is 54.3 Å². The lowest BCUT2D eigenvalue weighted by molar-refractivity contribution is -0.383. The summed E-state index contributed by atoms with van der Waals surface area (Å²) in [6, 6.07) is 30.6. The third-order valence-corrected chi connectivity index (χ3v) is 13.3. The fourth-order valence-corrected chi connectivity index (χ4v) is 9.51. The number of non-ortho nitro benzene ring substituents is 1. The molecule has 0 saturated heterocycles. The number of ether oxygens (including phenoxy) is 5. The van der Waals surface area contributed by atoms with Crippen molar-refractivity contribution in [1.29, 1.82) is 0 Å². The lowest BCUT2D eigenvalue weighted by atomic mass is 10.0. The third kappa shape index (κ3) is 12.8. The van der Waals surface area contributed by atoms with Gasteiger partial charge in [0.2, 0.25) is 0 Å². The number of anilines is 4. The average Bonchev–Trinajstić information content (AvgIpc) is 1.01. The number of para-hydroxylation sites is 4. The zero-order valence-corrected chi connectivity index (χ0v) is 46.9. The van der Waals surface area contributed by atoms with Crippen molar-refractivity contribution in [3.63, 3.8) is 0 Å². The molecule has 0 fully saturated rings. The molecule has 4 amide bonds. The van der Waals surface area contributed by atoms with Crippen molar-refractivity contribution in [2.24, 2.45) is 0 Å². The molecule has 27 nitrogen and oxygen atoms in total. The second kappa shape index (κ2) is 25.4. The number of pyridine rings is 4. The Hall–Kier alpha value is -12.4. The Bertz CT molecular complexity index is 4650. The number of aliphatic carboxylic acids is 3. The molecule has 448 valence electrons. The van der Waals surface area contributed by atoms with Crippen LogP contribution >= 0.6 is 0 Å². The number of hydrogen-bond acceptors (Lipinski definition) is 19. The van der Waals surface area contributed by atoms with Crippen LogP contribution in [0.3, 0.4) is 0 Å². The normalized spacial score (nSPS) is 11.0. The lowest BCUT2D eigenvalue weighted by Gasteiger charge is -2.16. The maximum atomic E-state index is 14.6. The van der Waals surface area contributed by atoms with Gasteiger partial charge in [-0.05, 0) is 81.4 Å². The van der Waals surface area contributed by atoms with E-state index in [4.69, 9.17) is 23.7 Å². The quantitative estimate of drug-likeness (QED) is 0.0178. The van der Waals surface area contributed by atoms with Crippen LogP contribution in [0.1, 0.15) is 73.1 Å². The first-order valence-electron chi connectivity index (χ1n) is 26.8. The Kier molecular flexibility index (Phi) is 17.1. The first-order chi connectivity index (χ1) is 42.8. The zero-order valence-electron chi connectivity index (χ0n) is 46.9. The molecule has 10 rings (SSSR count). The van der Waals surface area contributed by atoms with Gasteiger partial charge in [-0.25, -0.2) is 34.3 Å². The molecule has 0 saturated carbocycles. The van der Waals surface area contributed by atoms with Crippen LogP contribution in [0, 0.1) is 10.1 Å². The Morgan fingerprint density at radius 3 is 1.09 bits per heavy atom. The van der Waals surface area contributed by atoms with Crippen molar-refractivity contribution in [3.8, 4) is 28.7 Å². The minimum Gasteiger partial charge on any atom is -0.493 e. The molecule has 4 heterocycles. The Morgan fingerprint density at radius 2 is 0.730 bits per heavy atom. The minimum atomic E-state index is -1.36. The molecule has 0 aliphatic carbocycles. The van der Waals surface area contributed by atoms with E-state index in [0.29, 0.717) is 21.5 Å². The fraction of sp³-hybridized carbons (Fsp3) is 0.129. The predicted octanol–water partition coefficient (Wildman–Crippen LogP) is 9.34. The van der Waals surface area contributed by atoms with E-state index in [1.807, 2.05) is 0 Å². The minimum absolute atomic E-state index is 0.0160. The number of amides is 4. The average molecular weight is 1210 g/mol. The van der Waals surface area contributed by atoms with E-state index in [2.05, 4.69) is 41.2 Å². The van der Waals surface area contributed by atoms with Gasteiger partial charge in [0.25, 0.3) is 29.3 Å². The number of carbonyl (C=O) groups excluding carboxylic acids is 5. The number of nitro benzene ring substituents is 1. The van der Waals surface area contributed by atoms with Gasteiger partial charge in [-0.15, -0.1) is 0 Å². The summed E-state index contributed by atoms with van der Waals surface area (Å²) in [5.74, 6) is -7.59. The number of carboxylic acids is 3. The van der Waals surface area contributed by atoms with E-state index in [-0.39, 0.29) is 126 Å². The molecule has 89 heavy (non-hydrogen) atoms. The molecular formula is C62H47N9O18. The summed E-state index contributed by atoms with van der Waals surface area (Å²) in [5, 5.41) is 53.1. The summed E-state index contributed by atoms with van der Waals surface area (Å²) in [6.45, 7) is 2.59. The summed E-state index contributed by atoms with van der Waals surface area (Å²) in [5.41, 5.74) is -1.41.